The molecule has 4 bridgehead atoms. The zero-order valence-electron chi connectivity index (χ0n) is 60.8. The van der Waals surface area contributed by atoms with E-state index in [4.69, 9.17) is 15.2 Å². The smallest absolute Gasteiger partial charge is 0.321 e. The van der Waals surface area contributed by atoms with E-state index in [1.807, 2.05) is 18.9 Å². The maximum absolute atomic E-state index is 15.3. The number of hydrogen-bond donors (Lipinski definition) is 11. The number of carbonyl (C=O) groups excluding carboxylic acids is 8. The van der Waals surface area contributed by atoms with Crippen molar-refractivity contribution in [2.24, 2.45) is 16.0 Å². The predicted molar refractivity (Wildman–Crippen MR) is 401 cm³/mol. The second-order valence-electron chi connectivity index (χ2n) is 26.5. The first-order valence-electron chi connectivity index (χ1n) is 34.8. The van der Waals surface area contributed by atoms with E-state index in [1.165, 1.54) is 82.8 Å². The predicted octanol–water partition coefficient (Wildman–Crippen LogP) is 7.03. The van der Waals surface area contributed by atoms with E-state index < -0.39 is 128 Å². The summed E-state index contributed by atoms with van der Waals surface area (Å²) >= 11 is 0. The lowest BCUT2D eigenvalue weighted by Crippen LogP contribution is -2.57. The Bertz CT molecular complexity index is 4510. The van der Waals surface area contributed by atoms with Crippen molar-refractivity contribution in [1.82, 2.24) is 50.8 Å². The van der Waals surface area contributed by atoms with Gasteiger partial charge in [0.2, 0.25) is 29.6 Å². The van der Waals surface area contributed by atoms with Crippen molar-refractivity contribution in [2.45, 2.75) is 101 Å². The van der Waals surface area contributed by atoms with Crippen LogP contribution in [0.1, 0.15) is 82.9 Å². The Labute approximate surface area is 624 Å². The van der Waals surface area contributed by atoms with E-state index in [-0.39, 0.29) is 89.8 Å². The van der Waals surface area contributed by atoms with Gasteiger partial charge in [-0.05, 0) is 142 Å². The molecule has 11 amide bonds. The number of likely N-dealkylation sites (tertiary alicyclic amines) is 1. The van der Waals surface area contributed by atoms with Gasteiger partial charge >= 0.3 is 24.1 Å². The molecule has 32 nitrogen and oxygen atoms in total. The van der Waals surface area contributed by atoms with Crippen LogP contribution in [-0.2, 0) is 54.3 Å². The molecule has 0 spiro atoms. The Kier molecular flexibility index (Phi) is 29.4. The Hall–Kier alpha value is -11.1. The topological polar surface area (TPSA) is 429 Å². The molecule has 2 aliphatic rings. The van der Waals surface area contributed by atoms with E-state index in [0.717, 1.165) is 18.3 Å². The summed E-state index contributed by atoms with van der Waals surface area (Å²) in [4.78, 5) is 134. The molecule has 3 heterocycles. The highest BCUT2D eigenvalue weighted by atomic mass is 32.2. The fraction of sp³-hybridized carbons (Fsp3) is 0.403. The van der Waals surface area contributed by atoms with Gasteiger partial charge in [0.15, 0.2) is 5.82 Å². The molecule has 1 aromatic heterocycles. The molecule has 108 heavy (non-hydrogen) atoms. The molecule has 0 saturated carbocycles. The normalized spacial score (nSPS) is 14.9. The van der Waals surface area contributed by atoms with Crippen molar-refractivity contribution in [3.8, 4) is 22.8 Å². The Morgan fingerprint density at radius 3 is 2.16 bits per heavy atom. The number of amides is 11. The van der Waals surface area contributed by atoms with E-state index >= 15 is 4.39 Å². The molecule has 8 rings (SSSR count). The number of anilines is 6. The fourth-order valence-electron chi connectivity index (χ4n) is 11.5. The number of nitrogens with one attached hydrogen (secondary N) is 9. The van der Waals surface area contributed by atoms with Gasteiger partial charge in [-0.2, -0.15) is 4.36 Å². The number of carboxylic acids is 1. The maximum Gasteiger partial charge on any atom is 0.321 e. The first kappa shape index (κ1) is 82.5. The SMILES string of the molecule is CCCNC(=O)Nc1cccc(S(=O)(=O)Nc2cccc([C@H](CC(=O)O)NC(=O)Nc3ccc(NC(=O)N(C)CCN(C)CCN(C)CC(=O)N[C@@H](CC(N)=O)C(=O)N4CCC[C@H]4C(=O)N[C@H](C(=O)N=[S@@](C)(=O)Cc4cc5cc(c4)OCCCCOc4cc(F)ccc4-c4nc(ncc4F)N5)C(C)C)cc3)c2)c1. The average molecular weight is 1540 g/mol. The second-order valence-corrected chi connectivity index (χ2v) is 30.6. The van der Waals surface area contributed by atoms with Crippen LogP contribution < -0.4 is 62.5 Å². The summed E-state index contributed by atoms with van der Waals surface area (Å²) in [7, 11) is -2.52. The van der Waals surface area contributed by atoms with E-state index in [1.54, 1.807) is 63.2 Å². The average Bonchev–Trinajstić information content (AvgIpc) is 0.979. The Morgan fingerprint density at radius 2 is 1.44 bits per heavy atom. The first-order valence-corrected chi connectivity index (χ1v) is 38.4. The number of likely N-dealkylation sites (N-methyl/N-ethyl adjacent to an activating group) is 3. The molecule has 0 unspecified atom stereocenters. The highest BCUT2D eigenvalue weighted by molar-refractivity contribution is 7.93. The lowest BCUT2D eigenvalue weighted by atomic mass is 10.0. The number of ether oxygens (including phenoxy) is 2. The number of primary amides is 1. The van der Waals surface area contributed by atoms with Gasteiger partial charge in [-0.3, -0.25) is 38.4 Å². The van der Waals surface area contributed by atoms with Crippen LogP contribution in [0, 0.1) is 17.6 Å². The number of nitrogens with two attached hydrogens (primary N) is 1. The zero-order chi connectivity index (χ0) is 78.4. The minimum absolute atomic E-state index is 0.0393. The monoisotopic (exact) mass is 1540 g/mol. The van der Waals surface area contributed by atoms with Gasteiger partial charge in [-0.1, -0.05) is 39.0 Å². The molecular formula is C72H91F2N17O15S2. The number of aliphatic carboxylic acids is 1. The number of urea groups is 3. The van der Waals surface area contributed by atoms with E-state index in [9.17, 15) is 65.3 Å². The summed E-state index contributed by atoms with van der Waals surface area (Å²) in [5.74, 6) is -6.91. The number of benzene rings is 5. The van der Waals surface area contributed by atoms with Crippen LogP contribution in [-0.4, -0.2) is 205 Å². The zero-order valence-corrected chi connectivity index (χ0v) is 62.5. The molecule has 1 saturated heterocycles. The van der Waals surface area contributed by atoms with Gasteiger partial charge in [0.1, 0.15) is 41.1 Å². The number of nitrogens with zero attached hydrogens (tertiary/aromatic N) is 7. The Balaban J connectivity index is 0.780. The highest BCUT2D eigenvalue weighted by Crippen LogP contribution is 2.34. The number of fused-ring (bicyclic) bond motifs is 6. The van der Waals surface area contributed by atoms with Crippen LogP contribution in [0.25, 0.3) is 11.3 Å². The van der Waals surface area contributed by atoms with Crippen molar-refractivity contribution in [3.05, 3.63) is 138 Å². The standard InChI is InChI=1S/C72H91F2N17O15S2/c1-8-25-76-70(99)80-50-15-12-17-54(38-50)108(103,104)86-51-16-11-14-46(35-51)57(40-63(94)95)83-71(100)79-48-20-22-49(23-21-48)81-72(101)90(6)30-29-88(4)27-28-89(5)42-62(93)82-58(39-61(75)92)68(98)91-26-13-18-59(91)66(96)84-64(44(2)3)67(97)87-107(7,102)43-45-33-52-37-53(34-45)105-31-9-10-32-106-60-36-47(73)19-24-55(60)65-56(74)41-77-69(78-52)85-65/h11-12,14-17,19-24,33-38,41,44,57-59,64,86H,8-10,13,18,25-32,39-40,42-43H2,1-7H3,(H2,75,92)(H,81,101)(H,82,93)(H,84,96)(H,94,95)(H2,76,80,99)(H,77,78,85)(H2,79,83,100)/t57-,58-,59-,64-,107-/m0/s1. The molecule has 2 aliphatic heterocycles. The fourth-order valence-corrected chi connectivity index (χ4v) is 14.0. The van der Waals surface area contributed by atoms with Gasteiger partial charge in [-0.15, -0.1) is 0 Å². The molecule has 0 radical (unpaired) electrons. The van der Waals surface area contributed by atoms with Gasteiger partial charge in [0, 0.05) is 98.7 Å². The molecule has 5 aromatic carbocycles. The van der Waals surface area contributed by atoms with Crippen molar-refractivity contribution in [2.75, 3.05) is 112 Å². The van der Waals surface area contributed by atoms with Crippen molar-refractivity contribution < 1.29 is 79.1 Å². The number of sulfonamides is 1. The highest BCUT2D eigenvalue weighted by Gasteiger charge is 2.40. The molecule has 0 aliphatic carbocycles. The number of rotatable bonds is 30. The molecule has 580 valence electrons. The Morgan fingerprint density at radius 1 is 0.759 bits per heavy atom. The van der Waals surface area contributed by atoms with Gasteiger partial charge in [0.25, 0.3) is 15.9 Å². The maximum atomic E-state index is 15.3. The largest absolute Gasteiger partial charge is 0.494 e. The lowest BCUT2D eigenvalue weighted by molar-refractivity contribution is -0.143. The number of aromatic nitrogens is 2. The number of carbonyl (C=O) groups is 9. The molecule has 36 heteroatoms. The summed E-state index contributed by atoms with van der Waals surface area (Å²) in [5.41, 5.74) is 7.68. The van der Waals surface area contributed by atoms with Crippen LogP contribution >= 0.6 is 0 Å². The number of carboxylic acid groups (broad SMARTS) is 1. The first-order chi connectivity index (χ1) is 51.3. The number of hydrogen-bond acceptors (Lipinski definition) is 19. The number of halogens is 2. The third-order valence-electron chi connectivity index (χ3n) is 17.1. The summed E-state index contributed by atoms with van der Waals surface area (Å²) in [6, 6.07) is 19.4. The van der Waals surface area contributed by atoms with Gasteiger partial charge in [0.05, 0.1) is 65.2 Å². The molecule has 5 atom stereocenters. The van der Waals surface area contributed by atoms with Crippen LogP contribution in [0.2, 0.25) is 0 Å². The van der Waals surface area contributed by atoms with Gasteiger partial charge in [-0.25, -0.2) is 45.8 Å². The minimum Gasteiger partial charge on any atom is -0.494 e. The molecule has 1 fully saturated rings. The summed E-state index contributed by atoms with van der Waals surface area (Å²) in [6.07, 6.45) is 3.34. The van der Waals surface area contributed by atoms with Crippen molar-refractivity contribution in [1.29, 1.82) is 0 Å². The van der Waals surface area contributed by atoms with Crippen LogP contribution in [0.5, 0.6) is 11.5 Å². The van der Waals surface area contributed by atoms with E-state index in [0.29, 0.717) is 80.2 Å². The minimum atomic E-state index is -4.20. The molecule has 6 aromatic rings. The van der Waals surface area contributed by atoms with Crippen LogP contribution in [0.15, 0.2) is 125 Å². The quantitative estimate of drug-likeness (QED) is 0.0215. The summed E-state index contributed by atoms with van der Waals surface area (Å²) in [6.45, 7) is 7.33. The summed E-state index contributed by atoms with van der Waals surface area (Å²) in [5, 5.41) is 31.4. The van der Waals surface area contributed by atoms with Gasteiger partial charge < -0.3 is 77.5 Å². The van der Waals surface area contributed by atoms with Crippen LogP contribution in [0.4, 0.5) is 57.5 Å². The third-order valence-corrected chi connectivity index (χ3v) is 19.9. The second kappa shape index (κ2) is 38.4. The third kappa shape index (κ3) is 25.0. The van der Waals surface area contributed by atoms with Crippen molar-refractivity contribution >= 4 is 108 Å². The summed E-state index contributed by atoms with van der Waals surface area (Å²) < 4.78 is 89.2. The molecular weight excluding hydrogens is 1450 g/mol. The lowest BCUT2D eigenvalue weighted by Gasteiger charge is -2.30. The van der Waals surface area contributed by atoms with Crippen LogP contribution in [0.3, 0.4) is 0 Å². The molecule has 12 N–H and O–H groups in total. The van der Waals surface area contributed by atoms with E-state index in [2.05, 4.69) is 61.6 Å². The van der Waals surface area contributed by atoms with Crippen molar-refractivity contribution in [3.63, 3.8) is 0 Å².